The van der Waals surface area contributed by atoms with Gasteiger partial charge >= 0.3 is 10.2 Å². The zero-order valence-electron chi connectivity index (χ0n) is 12.5. The molecule has 0 atom stereocenters. The Balaban J connectivity index is 2.47. The number of hydrogen-bond acceptors (Lipinski definition) is 6. The van der Waals surface area contributed by atoms with Gasteiger partial charge in [-0.3, -0.25) is 0 Å². The lowest BCUT2D eigenvalue weighted by Gasteiger charge is -2.17. The minimum atomic E-state index is -4.20. The van der Waals surface area contributed by atoms with Crippen molar-refractivity contribution in [1.82, 2.24) is 14.4 Å². The van der Waals surface area contributed by atoms with Crippen LogP contribution in [0.2, 0.25) is 5.15 Å². The predicted molar refractivity (Wildman–Crippen MR) is 95.5 cm³/mol. The monoisotopic (exact) mass is 433 g/mol. The van der Waals surface area contributed by atoms with Gasteiger partial charge in [0.2, 0.25) is 0 Å². The van der Waals surface area contributed by atoms with Crippen LogP contribution in [-0.2, 0) is 10.2 Å². The number of benzene rings is 1. The van der Waals surface area contributed by atoms with Gasteiger partial charge in [0.25, 0.3) is 0 Å². The third kappa shape index (κ3) is 4.19. The molecule has 0 aliphatic heterocycles. The average molecular weight is 435 g/mol. The molecule has 11 heteroatoms. The fraction of sp³-hybridized carbons (Fsp3) is 0.231. The second kappa shape index (κ2) is 7.86. The Morgan fingerprint density at radius 1 is 1.29 bits per heavy atom. The van der Waals surface area contributed by atoms with Gasteiger partial charge in [0.1, 0.15) is 11.5 Å². The van der Waals surface area contributed by atoms with Crippen LogP contribution in [0.5, 0.6) is 0 Å². The van der Waals surface area contributed by atoms with Crippen LogP contribution in [0.15, 0.2) is 40.4 Å². The molecule has 0 aliphatic rings. The zero-order valence-corrected chi connectivity index (χ0v) is 15.6. The average Bonchev–Trinajstić information content (AvgIpc) is 2.53. The first-order chi connectivity index (χ1) is 11.4. The number of hydrogen-bond donors (Lipinski definition) is 1. The molecule has 24 heavy (non-hydrogen) atoms. The molecule has 1 aromatic heterocycles. The molecule has 0 aliphatic carbocycles. The molecule has 0 saturated carbocycles. The highest BCUT2D eigenvalue weighted by atomic mass is 79.9. The highest BCUT2D eigenvalue weighted by Crippen LogP contribution is 2.33. The molecular formula is C13H13BrClN5O3S. The van der Waals surface area contributed by atoms with E-state index < -0.39 is 10.2 Å². The van der Waals surface area contributed by atoms with Crippen molar-refractivity contribution in [3.8, 4) is 11.1 Å². The lowest BCUT2D eigenvalue weighted by atomic mass is 10.1. The van der Waals surface area contributed by atoms with Crippen LogP contribution in [-0.4, -0.2) is 29.3 Å². The second-order valence-electron chi connectivity index (χ2n) is 4.63. The molecule has 0 unspecified atom stereocenters. The SMILES string of the molecule is CCCN(N=O)S(=O)(=O)Nc1ncnc(Cl)c1-c1ccc(Br)cc1. The summed E-state index contributed by atoms with van der Waals surface area (Å²) in [7, 11) is -4.20. The van der Waals surface area contributed by atoms with E-state index >= 15 is 0 Å². The van der Waals surface area contributed by atoms with Crippen molar-refractivity contribution in [2.75, 3.05) is 11.3 Å². The van der Waals surface area contributed by atoms with Crippen LogP contribution in [0.25, 0.3) is 11.1 Å². The fourth-order valence-corrected chi connectivity index (χ4v) is 3.41. The number of nitroso groups, excluding NO2 is 1. The standard InChI is InChI=1S/C13H13BrClN5O3S/c1-2-7-20(19-21)24(22,23)18-13-11(12(15)16-8-17-13)9-3-5-10(14)6-4-9/h3-6,8H,2,7H2,1H3,(H,16,17,18). The first-order valence-corrected chi connectivity index (χ1v) is 9.40. The number of rotatable bonds is 7. The van der Waals surface area contributed by atoms with E-state index in [1.807, 2.05) is 0 Å². The summed E-state index contributed by atoms with van der Waals surface area (Å²) in [6.07, 6.45) is 1.55. The van der Waals surface area contributed by atoms with Crippen LogP contribution in [0.4, 0.5) is 5.82 Å². The molecule has 1 aromatic carbocycles. The van der Waals surface area contributed by atoms with E-state index in [1.165, 1.54) is 0 Å². The number of halogens is 2. The summed E-state index contributed by atoms with van der Waals surface area (Å²) < 4.78 is 28.1. The molecule has 0 saturated heterocycles. The van der Waals surface area contributed by atoms with E-state index in [1.54, 1.807) is 31.2 Å². The Hall–Kier alpha value is -1.78. The maximum Gasteiger partial charge on any atom is 0.342 e. The van der Waals surface area contributed by atoms with Gasteiger partial charge < -0.3 is 0 Å². The molecule has 0 amide bonds. The summed E-state index contributed by atoms with van der Waals surface area (Å²) in [5.41, 5.74) is 0.917. The lowest BCUT2D eigenvalue weighted by molar-refractivity contribution is 0.429. The highest BCUT2D eigenvalue weighted by molar-refractivity contribution is 9.10. The zero-order chi connectivity index (χ0) is 17.7. The van der Waals surface area contributed by atoms with E-state index in [0.717, 1.165) is 10.8 Å². The molecular weight excluding hydrogens is 422 g/mol. The summed E-state index contributed by atoms with van der Waals surface area (Å²) in [6.45, 7) is 1.67. The molecule has 128 valence electrons. The van der Waals surface area contributed by atoms with Gasteiger partial charge in [-0.05, 0) is 24.1 Å². The molecule has 2 aromatic rings. The van der Waals surface area contributed by atoms with E-state index in [2.05, 4.69) is 35.9 Å². The largest absolute Gasteiger partial charge is 0.342 e. The fourth-order valence-electron chi connectivity index (χ4n) is 1.88. The van der Waals surface area contributed by atoms with Crippen LogP contribution in [0.3, 0.4) is 0 Å². The molecule has 1 N–H and O–H groups in total. The van der Waals surface area contributed by atoms with Crippen molar-refractivity contribution < 1.29 is 8.42 Å². The van der Waals surface area contributed by atoms with Crippen molar-refractivity contribution in [2.45, 2.75) is 13.3 Å². The minimum Gasteiger partial charge on any atom is -0.248 e. The van der Waals surface area contributed by atoms with Crippen LogP contribution < -0.4 is 4.72 Å². The van der Waals surface area contributed by atoms with Crippen LogP contribution >= 0.6 is 27.5 Å². The van der Waals surface area contributed by atoms with Gasteiger partial charge in [0.15, 0.2) is 5.82 Å². The first kappa shape index (κ1) is 18.6. The van der Waals surface area contributed by atoms with Crippen molar-refractivity contribution >= 4 is 43.6 Å². The lowest BCUT2D eigenvalue weighted by Crippen LogP contribution is -2.32. The number of nitrogens with zero attached hydrogens (tertiary/aromatic N) is 4. The van der Waals surface area contributed by atoms with E-state index in [-0.39, 0.29) is 17.5 Å². The summed E-state index contributed by atoms with van der Waals surface area (Å²) in [5.74, 6) is -0.0397. The number of aromatic nitrogens is 2. The molecule has 2 rings (SSSR count). The quantitative estimate of drug-likeness (QED) is 0.407. The maximum absolute atomic E-state index is 12.3. The Kier molecular flexibility index (Phi) is 6.08. The van der Waals surface area contributed by atoms with E-state index in [9.17, 15) is 13.3 Å². The van der Waals surface area contributed by atoms with E-state index in [0.29, 0.717) is 22.0 Å². The van der Waals surface area contributed by atoms with Crippen molar-refractivity contribution in [3.63, 3.8) is 0 Å². The number of nitrogens with one attached hydrogen (secondary N) is 1. The Morgan fingerprint density at radius 3 is 2.54 bits per heavy atom. The summed E-state index contributed by atoms with van der Waals surface area (Å²) in [5, 5.41) is 2.61. The topological polar surface area (TPSA) is 105 Å². The van der Waals surface area contributed by atoms with Crippen LogP contribution in [0.1, 0.15) is 13.3 Å². The molecule has 0 bridgehead atoms. The van der Waals surface area contributed by atoms with Crippen molar-refractivity contribution in [2.24, 2.45) is 5.29 Å². The smallest absolute Gasteiger partial charge is 0.248 e. The summed E-state index contributed by atoms with van der Waals surface area (Å²) in [4.78, 5) is 18.6. The van der Waals surface area contributed by atoms with Crippen molar-refractivity contribution in [3.05, 3.63) is 45.1 Å². The normalized spacial score (nSPS) is 11.1. The van der Waals surface area contributed by atoms with Crippen molar-refractivity contribution in [1.29, 1.82) is 0 Å². The van der Waals surface area contributed by atoms with Gasteiger partial charge in [-0.2, -0.15) is 8.42 Å². The Bertz CT molecular complexity index is 832. The second-order valence-corrected chi connectivity index (χ2v) is 7.48. The van der Waals surface area contributed by atoms with Gasteiger partial charge in [-0.15, -0.1) is 9.32 Å². The molecule has 0 spiro atoms. The number of anilines is 1. The Morgan fingerprint density at radius 2 is 1.96 bits per heavy atom. The minimum absolute atomic E-state index is 0.0397. The summed E-state index contributed by atoms with van der Waals surface area (Å²) in [6, 6.07) is 7.00. The van der Waals surface area contributed by atoms with Gasteiger partial charge in [0.05, 0.1) is 17.4 Å². The molecule has 8 nitrogen and oxygen atoms in total. The summed E-state index contributed by atoms with van der Waals surface area (Å²) >= 11 is 9.43. The third-order valence-corrected chi connectivity index (χ3v) is 5.01. The third-order valence-electron chi connectivity index (χ3n) is 2.94. The molecule has 0 fully saturated rings. The molecule has 0 radical (unpaired) electrons. The van der Waals surface area contributed by atoms with Gasteiger partial charge in [-0.1, -0.05) is 46.6 Å². The highest BCUT2D eigenvalue weighted by Gasteiger charge is 2.24. The maximum atomic E-state index is 12.3. The first-order valence-electron chi connectivity index (χ1n) is 6.79. The predicted octanol–water partition coefficient (Wildman–Crippen LogP) is 3.61. The van der Waals surface area contributed by atoms with Crippen LogP contribution in [0, 0.1) is 4.91 Å². The Labute approximate surface area is 152 Å². The molecule has 1 heterocycles. The van der Waals surface area contributed by atoms with Gasteiger partial charge in [0, 0.05) is 4.47 Å². The van der Waals surface area contributed by atoms with Gasteiger partial charge in [-0.25, -0.2) is 14.7 Å². The van der Waals surface area contributed by atoms with E-state index in [4.69, 9.17) is 11.6 Å².